The van der Waals surface area contributed by atoms with Crippen LogP contribution in [-0.4, -0.2) is 23.9 Å². The van der Waals surface area contributed by atoms with Crippen LogP contribution in [0.1, 0.15) is 24.9 Å². The summed E-state index contributed by atoms with van der Waals surface area (Å²) in [5, 5.41) is 16.1. The topological polar surface area (TPSA) is 32.3 Å². The van der Waals surface area contributed by atoms with Crippen molar-refractivity contribution in [1.29, 1.82) is 0 Å². The molecule has 3 aromatic carbocycles. The van der Waals surface area contributed by atoms with Crippen LogP contribution in [0.3, 0.4) is 0 Å². The van der Waals surface area contributed by atoms with Crippen LogP contribution in [-0.2, 0) is 0 Å². The lowest BCUT2D eigenvalue weighted by Gasteiger charge is -2.26. The standard InChI is InChI=1S/C24H28NOP/c1-20(17-18-25-24(19-26)21-11-5-2-6-12-21)27(22-13-7-3-8-14-22)23-15-9-4-10-16-23/h2-16,20,24-26H,17-19H2,1H3/t20-,24-/m0/s1. The van der Waals surface area contributed by atoms with E-state index in [9.17, 15) is 5.11 Å². The number of aliphatic hydroxyl groups is 1. The van der Waals surface area contributed by atoms with E-state index in [1.165, 1.54) is 10.6 Å². The molecule has 0 bridgehead atoms. The minimum absolute atomic E-state index is 0.00178. The van der Waals surface area contributed by atoms with Crippen LogP contribution in [0.2, 0.25) is 0 Å². The fourth-order valence-electron chi connectivity index (χ4n) is 3.40. The Morgan fingerprint density at radius 1 is 0.778 bits per heavy atom. The molecule has 0 saturated carbocycles. The van der Waals surface area contributed by atoms with Crippen molar-refractivity contribution >= 4 is 18.5 Å². The van der Waals surface area contributed by atoms with Crippen molar-refractivity contribution in [3.05, 3.63) is 96.6 Å². The van der Waals surface area contributed by atoms with Crippen LogP contribution in [0, 0.1) is 0 Å². The fraction of sp³-hybridized carbons (Fsp3) is 0.250. The van der Waals surface area contributed by atoms with Crippen LogP contribution in [0.5, 0.6) is 0 Å². The molecular weight excluding hydrogens is 349 g/mol. The lowest BCUT2D eigenvalue weighted by Crippen LogP contribution is -2.28. The molecule has 2 atom stereocenters. The van der Waals surface area contributed by atoms with Crippen LogP contribution < -0.4 is 15.9 Å². The molecule has 0 fully saturated rings. The van der Waals surface area contributed by atoms with Gasteiger partial charge in [-0.3, -0.25) is 0 Å². The monoisotopic (exact) mass is 377 g/mol. The third-order valence-corrected chi connectivity index (χ3v) is 7.70. The van der Waals surface area contributed by atoms with Gasteiger partial charge >= 0.3 is 0 Å². The average Bonchev–Trinajstić information content (AvgIpc) is 2.74. The van der Waals surface area contributed by atoms with Gasteiger partial charge in [0.2, 0.25) is 0 Å². The smallest absolute Gasteiger partial charge is 0.0626 e. The lowest BCUT2D eigenvalue weighted by atomic mass is 10.1. The molecule has 0 amide bonds. The third-order valence-electron chi connectivity index (χ3n) is 4.85. The molecule has 0 saturated heterocycles. The Kier molecular flexibility index (Phi) is 7.59. The summed E-state index contributed by atoms with van der Waals surface area (Å²) in [7, 11) is -0.404. The van der Waals surface area contributed by atoms with Crippen molar-refractivity contribution in [2.45, 2.75) is 25.0 Å². The first kappa shape index (κ1) is 19.8. The minimum Gasteiger partial charge on any atom is -0.394 e. The Morgan fingerprint density at radius 3 is 1.74 bits per heavy atom. The van der Waals surface area contributed by atoms with Crippen LogP contribution in [0.4, 0.5) is 0 Å². The highest BCUT2D eigenvalue weighted by Gasteiger charge is 2.21. The predicted octanol–water partition coefficient (Wildman–Crippen LogP) is 4.22. The number of nitrogens with one attached hydrogen (secondary N) is 1. The van der Waals surface area contributed by atoms with E-state index < -0.39 is 7.92 Å². The molecule has 3 heteroatoms. The van der Waals surface area contributed by atoms with Crippen molar-refractivity contribution in [3.8, 4) is 0 Å². The normalized spacial score (nSPS) is 13.4. The minimum atomic E-state index is -0.404. The fourth-order valence-corrected chi connectivity index (χ4v) is 6.09. The first-order chi connectivity index (χ1) is 13.3. The Morgan fingerprint density at radius 2 is 1.26 bits per heavy atom. The van der Waals surface area contributed by atoms with E-state index in [-0.39, 0.29) is 12.6 Å². The van der Waals surface area contributed by atoms with Crippen molar-refractivity contribution in [3.63, 3.8) is 0 Å². The van der Waals surface area contributed by atoms with Gasteiger partial charge in [-0.15, -0.1) is 0 Å². The van der Waals surface area contributed by atoms with Crippen molar-refractivity contribution in [1.82, 2.24) is 5.32 Å². The first-order valence-electron chi connectivity index (χ1n) is 9.58. The van der Waals surface area contributed by atoms with Gasteiger partial charge in [-0.05, 0) is 42.7 Å². The largest absolute Gasteiger partial charge is 0.394 e. The quantitative estimate of drug-likeness (QED) is 0.547. The van der Waals surface area contributed by atoms with Gasteiger partial charge in [0, 0.05) is 0 Å². The third kappa shape index (κ3) is 5.49. The molecule has 3 rings (SSSR count). The van der Waals surface area contributed by atoms with E-state index >= 15 is 0 Å². The van der Waals surface area contributed by atoms with E-state index in [0.717, 1.165) is 18.5 Å². The Bertz CT molecular complexity index is 740. The van der Waals surface area contributed by atoms with E-state index in [1.807, 2.05) is 18.2 Å². The SMILES string of the molecule is C[C@@H](CCN[C@@H](CO)c1ccccc1)P(c1ccccc1)c1ccccc1. The molecule has 2 N–H and O–H groups in total. The Labute approximate surface area is 164 Å². The number of benzene rings is 3. The van der Waals surface area contributed by atoms with Gasteiger partial charge in [-0.25, -0.2) is 0 Å². The second-order valence-electron chi connectivity index (χ2n) is 6.78. The van der Waals surface area contributed by atoms with Crippen LogP contribution >= 0.6 is 7.92 Å². The maximum absolute atomic E-state index is 9.75. The predicted molar refractivity (Wildman–Crippen MR) is 117 cm³/mol. The summed E-state index contributed by atoms with van der Waals surface area (Å²) in [6, 6.07) is 31.9. The molecular formula is C24H28NOP. The van der Waals surface area contributed by atoms with Gasteiger partial charge < -0.3 is 10.4 Å². The number of hydrogen-bond acceptors (Lipinski definition) is 2. The molecule has 0 aromatic heterocycles. The van der Waals surface area contributed by atoms with Gasteiger partial charge in [0.15, 0.2) is 0 Å². The van der Waals surface area contributed by atoms with Gasteiger partial charge in [0.05, 0.1) is 12.6 Å². The summed E-state index contributed by atoms with van der Waals surface area (Å²) >= 11 is 0. The highest BCUT2D eigenvalue weighted by Crippen LogP contribution is 2.40. The van der Waals surface area contributed by atoms with Crippen LogP contribution in [0.25, 0.3) is 0 Å². The Hall–Kier alpha value is -1.99. The number of hydrogen-bond donors (Lipinski definition) is 2. The van der Waals surface area contributed by atoms with Gasteiger partial charge in [-0.2, -0.15) is 0 Å². The highest BCUT2D eigenvalue weighted by atomic mass is 31.1. The zero-order valence-corrected chi connectivity index (χ0v) is 16.7. The number of rotatable bonds is 9. The van der Waals surface area contributed by atoms with Crippen molar-refractivity contribution < 1.29 is 5.11 Å². The van der Waals surface area contributed by atoms with Gasteiger partial charge in [0.25, 0.3) is 0 Å². The summed E-state index contributed by atoms with van der Waals surface area (Å²) in [6.07, 6.45) is 1.07. The lowest BCUT2D eigenvalue weighted by molar-refractivity contribution is 0.244. The van der Waals surface area contributed by atoms with E-state index in [4.69, 9.17) is 0 Å². The first-order valence-corrected chi connectivity index (χ1v) is 11.0. The molecule has 0 unspecified atom stereocenters. The van der Waals surface area contributed by atoms with E-state index in [2.05, 4.69) is 85.0 Å². The molecule has 0 heterocycles. The highest BCUT2D eigenvalue weighted by molar-refractivity contribution is 7.73. The zero-order valence-electron chi connectivity index (χ0n) is 15.8. The summed E-state index contributed by atoms with van der Waals surface area (Å²) in [6.45, 7) is 3.36. The second kappa shape index (κ2) is 10.4. The zero-order chi connectivity index (χ0) is 18.9. The molecule has 3 aromatic rings. The van der Waals surface area contributed by atoms with E-state index in [0.29, 0.717) is 5.66 Å². The average molecular weight is 377 g/mol. The van der Waals surface area contributed by atoms with Crippen molar-refractivity contribution in [2.75, 3.05) is 13.2 Å². The maximum Gasteiger partial charge on any atom is 0.0626 e. The molecule has 0 aliphatic heterocycles. The Balaban J connectivity index is 1.67. The van der Waals surface area contributed by atoms with Gasteiger partial charge in [-0.1, -0.05) is 97.9 Å². The van der Waals surface area contributed by atoms with Crippen LogP contribution in [0.15, 0.2) is 91.0 Å². The van der Waals surface area contributed by atoms with E-state index in [1.54, 1.807) is 0 Å². The summed E-state index contributed by atoms with van der Waals surface area (Å²) in [5.74, 6) is 0. The molecule has 0 radical (unpaired) electrons. The molecule has 0 aliphatic rings. The molecule has 0 spiro atoms. The summed E-state index contributed by atoms with van der Waals surface area (Å²) < 4.78 is 0. The van der Waals surface area contributed by atoms with Gasteiger partial charge in [0.1, 0.15) is 0 Å². The molecule has 27 heavy (non-hydrogen) atoms. The summed E-state index contributed by atoms with van der Waals surface area (Å²) in [4.78, 5) is 0. The summed E-state index contributed by atoms with van der Waals surface area (Å²) in [5.41, 5.74) is 1.69. The molecule has 0 aliphatic carbocycles. The number of aliphatic hydroxyl groups excluding tert-OH is 1. The maximum atomic E-state index is 9.75. The van der Waals surface area contributed by atoms with Crippen molar-refractivity contribution in [2.24, 2.45) is 0 Å². The molecule has 140 valence electrons. The molecule has 2 nitrogen and oxygen atoms in total. The second-order valence-corrected chi connectivity index (χ2v) is 9.43.